The molecule has 5 nitrogen and oxygen atoms in total. The highest BCUT2D eigenvalue weighted by atomic mass is 16.6. The van der Waals surface area contributed by atoms with Crippen LogP contribution < -0.4 is 5.73 Å². The number of rotatable bonds is 3. The number of carbonyl (C=O) groups excluding carboxylic acids is 3. The second-order valence-corrected chi connectivity index (χ2v) is 2.75. The van der Waals surface area contributed by atoms with Crippen LogP contribution in [-0.4, -0.2) is 17.8 Å². The van der Waals surface area contributed by atoms with Gasteiger partial charge in [0.2, 0.25) is 5.91 Å². The predicted octanol–water partition coefficient (Wildman–Crippen LogP) is -0.348. The molecule has 0 radical (unpaired) electrons. The molecule has 1 aliphatic heterocycles. The topological polar surface area (TPSA) is 86.5 Å². The fraction of sp³-hybridized carbons (Fsp3) is 0.375. The van der Waals surface area contributed by atoms with E-state index < -0.39 is 17.8 Å². The number of hydrogen-bond acceptors (Lipinski definition) is 4. The van der Waals surface area contributed by atoms with Crippen molar-refractivity contribution in [2.45, 2.75) is 19.8 Å². The van der Waals surface area contributed by atoms with Gasteiger partial charge in [-0.2, -0.15) is 0 Å². The number of hydrogen-bond donors (Lipinski definition) is 1. The molecule has 70 valence electrons. The molecule has 13 heavy (non-hydrogen) atoms. The molecule has 5 heteroatoms. The summed E-state index contributed by atoms with van der Waals surface area (Å²) < 4.78 is 4.31. The maximum absolute atomic E-state index is 11.0. The number of primary amides is 1. The van der Waals surface area contributed by atoms with E-state index >= 15 is 0 Å². The quantitative estimate of drug-likeness (QED) is 0.478. The second-order valence-electron chi connectivity index (χ2n) is 2.75. The van der Waals surface area contributed by atoms with Crippen molar-refractivity contribution in [2.75, 3.05) is 0 Å². The van der Waals surface area contributed by atoms with E-state index in [4.69, 9.17) is 5.73 Å². The zero-order valence-electron chi connectivity index (χ0n) is 7.12. The summed E-state index contributed by atoms with van der Waals surface area (Å²) in [5, 5.41) is 0. The maximum atomic E-state index is 11.0. The predicted molar refractivity (Wildman–Crippen MR) is 42.2 cm³/mol. The normalized spacial score (nSPS) is 16.4. The molecule has 0 aliphatic carbocycles. The average Bonchev–Trinajstić information content (AvgIpc) is 2.24. The van der Waals surface area contributed by atoms with Gasteiger partial charge in [0.05, 0.1) is 0 Å². The van der Waals surface area contributed by atoms with Gasteiger partial charge in [0.15, 0.2) is 0 Å². The zero-order valence-corrected chi connectivity index (χ0v) is 7.12. The summed E-state index contributed by atoms with van der Waals surface area (Å²) in [5.74, 6) is -1.80. The van der Waals surface area contributed by atoms with E-state index in [0.29, 0.717) is 0 Å². The first kappa shape index (κ1) is 9.44. The van der Waals surface area contributed by atoms with Crippen molar-refractivity contribution in [1.82, 2.24) is 0 Å². The summed E-state index contributed by atoms with van der Waals surface area (Å²) >= 11 is 0. The molecule has 0 aromatic heterocycles. The fourth-order valence-corrected chi connectivity index (χ4v) is 1.04. The number of cyclic esters (lactones) is 2. The van der Waals surface area contributed by atoms with Crippen LogP contribution in [-0.2, 0) is 19.1 Å². The summed E-state index contributed by atoms with van der Waals surface area (Å²) in [6.07, 6.45) is 0.223. The molecule has 1 rings (SSSR count). The van der Waals surface area contributed by atoms with Crippen molar-refractivity contribution < 1.29 is 19.1 Å². The summed E-state index contributed by atoms with van der Waals surface area (Å²) in [6.45, 7) is 1.49. The Morgan fingerprint density at radius 3 is 2.38 bits per heavy atom. The van der Waals surface area contributed by atoms with E-state index in [1.165, 1.54) is 6.92 Å². The second kappa shape index (κ2) is 3.38. The van der Waals surface area contributed by atoms with E-state index in [1.54, 1.807) is 0 Å². The van der Waals surface area contributed by atoms with Gasteiger partial charge in [0, 0.05) is 17.6 Å². The van der Waals surface area contributed by atoms with E-state index in [0.717, 1.165) is 0 Å². The molecule has 0 spiro atoms. The third-order valence-corrected chi connectivity index (χ3v) is 1.81. The van der Waals surface area contributed by atoms with Crippen LogP contribution in [0.25, 0.3) is 0 Å². The fourth-order valence-electron chi connectivity index (χ4n) is 1.04. The van der Waals surface area contributed by atoms with E-state index in [1.807, 2.05) is 0 Å². The number of amides is 1. The molecule has 1 heterocycles. The molecular weight excluding hydrogens is 174 g/mol. The van der Waals surface area contributed by atoms with Gasteiger partial charge in [-0.25, -0.2) is 9.59 Å². The van der Waals surface area contributed by atoms with Gasteiger partial charge in [-0.15, -0.1) is 0 Å². The van der Waals surface area contributed by atoms with Crippen molar-refractivity contribution >= 4 is 17.8 Å². The molecule has 1 aliphatic rings. The van der Waals surface area contributed by atoms with Crippen LogP contribution in [0.1, 0.15) is 19.8 Å². The van der Waals surface area contributed by atoms with Crippen molar-refractivity contribution in [2.24, 2.45) is 5.73 Å². The third-order valence-electron chi connectivity index (χ3n) is 1.81. The first-order valence-corrected chi connectivity index (χ1v) is 3.77. The van der Waals surface area contributed by atoms with E-state index in [-0.39, 0.29) is 24.0 Å². The van der Waals surface area contributed by atoms with E-state index in [2.05, 4.69) is 4.74 Å². The van der Waals surface area contributed by atoms with Gasteiger partial charge >= 0.3 is 11.9 Å². The lowest BCUT2D eigenvalue weighted by molar-refractivity contribution is -0.151. The number of esters is 2. The molecule has 0 atom stereocenters. The van der Waals surface area contributed by atoms with Crippen LogP contribution in [0.2, 0.25) is 0 Å². The first-order valence-electron chi connectivity index (χ1n) is 3.77. The van der Waals surface area contributed by atoms with E-state index in [9.17, 15) is 14.4 Å². The van der Waals surface area contributed by atoms with Crippen LogP contribution in [0.4, 0.5) is 0 Å². The molecule has 0 fully saturated rings. The van der Waals surface area contributed by atoms with Gasteiger partial charge in [0.1, 0.15) is 0 Å². The van der Waals surface area contributed by atoms with Gasteiger partial charge in [-0.1, -0.05) is 0 Å². The van der Waals surface area contributed by atoms with Crippen LogP contribution in [0.5, 0.6) is 0 Å². The van der Waals surface area contributed by atoms with Crippen LogP contribution in [0.3, 0.4) is 0 Å². The molecule has 0 bridgehead atoms. The van der Waals surface area contributed by atoms with Crippen molar-refractivity contribution in [3.8, 4) is 0 Å². The minimum atomic E-state index is -0.663. The molecule has 1 amide bonds. The van der Waals surface area contributed by atoms with Gasteiger partial charge in [-0.05, 0) is 13.3 Å². The first-order chi connectivity index (χ1) is 6.02. The van der Waals surface area contributed by atoms with Crippen molar-refractivity contribution in [3.05, 3.63) is 11.1 Å². The monoisotopic (exact) mass is 183 g/mol. The van der Waals surface area contributed by atoms with Gasteiger partial charge in [0.25, 0.3) is 0 Å². The highest BCUT2D eigenvalue weighted by Gasteiger charge is 2.29. The highest BCUT2D eigenvalue weighted by Crippen LogP contribution is 2.20. The lowest BCUT2D eigenvalue weighted by Gasteiger charge is -1.95. The molecule has 2 N–H and O–H groups in total. The van der Waals surface area contributed by atoms with Crippen molar-refractivity contribution in [1.29, 1.82) is 0 Å². The maximum Gasteiger partial charge on any atom is 0.342 e. The summed E-state index contributed by atoms with van der Waals surface area (Å²) in [4.78, 5) is 32.2. The minimum absolute atomic E-state index is 0.0506. The standard InChI is InChI=1S/C8H9NO4/c1-4-5(2-3-6(9)10)8(12)13-7(4)11/h2-3H2,1H3,(H2,9,10). The summed E-state index contributed by atoms with van der Waals surface area (Å²) in [6, 6.07) is 0. The van der Waals surface area contributed by atoms with Crippen molar-refractivity contribution in [3.63, 3.8) is 0 Å². The Bertz CT molecular complexity index is 316. The summed E-state index contributed by atoms with van der Waals surface area (Å²) in [5.41, 5.74) is 5.42. The Morgan fingerprint density at radius 2 is 2.00 bits per heavy atom. The highest BCUT2D eigenvalue weighted by molar-refractivity contribution is 6.12. The van der Waals surface area contributed by atoms with Crippen LogP contribution >= 0.6 is 0 Å². The zero-order chi connectivity index (χ0) is 10.0. The number of carbonyl (C=O) groups is 3. The lowest BCUT2D eigenvalue weighted by Crippen LogP contribution is -2.11. The molecule has 0 aromatic carbocycles. The smallest absolute Gasteiger partial charge is 0.342 e. The van der Waals surface area contributed by atoms with Gasteiger partial charge in [-0.3, -0.25) is 4.79 Å². The Labute approximate surface area is 74.5 Å². The van der Waals surface area contributed by atoms with Gasteiger partial charge < -0.3 is 10.5 Å². The average molecular weight is 183 g/mol. The number of ether oxygens (including phenoxy) is 1. The lowest BCUT2D eigenvalue weighted by atomic mass is 10.1. The Kier molecular flexibility index (Phi) is 2.46. The van der Waals surface area contributed by atoms with Crippen LogP contribution in [0.15, 0.2) is 11.1 Å². The molecule has 0 aromatic rings. The molecular formula is C8H9NO4. The largest absolute Gasteiger partial charge is 0.386 e. The Hall–Kier alpha value is -1.65. The Balaban J connectivity index is 2.72. The molecule has 0 saturated carbocycles. The summed E-state index contributed by atoms with van der Waals surface area (Å²) in [7, 11) is 0. The Morgan fingerprint density at radius 1 is 1.38 bits per heavy atom. The SMILES string of the molecule is CC1=C(CCC(N)=O)C(=O)OC1=O. The minimum Gasteiger partial charge on any atom is -0.386 e. The van der Waals surface area contributed by atoms with Crippen LogP contribution in [0, 0.1) is 0 Å². The molecule has 0 unspecified atom stereocenters. The molecule has 0 saturated heterocycles. The third kappa shape index (κ3) is 1.93. The number of nitrogens with two attached hydrogens (primary N) is 1.